The lowest BCUT2D eigenvalue weighted by atomic mass is 10.1. The quantitative estimate of drug-likeness (QED) is 0.593. The fraction of sp³-hybridized carbons (Fsp3) is 0.250. The lowest BCUT2D eigenvalue weighted by molar-refractivity contribution is 0.292. The Labute approximate surface area is 145 Å². The summed E-state index contributed by atoms with van der Waals surface area (Å²) in [4.78, 5) is 0. The van der Waals surface area contributed by atoms with Gasteiger partial charge in [0.15, 0.2) is 0 Å². The van der Waals surface area contributed by atoms with Crippen molar-refractivity contribution in [2.75, 3.05) is 6.61 Å². The van der Waals surface area contributed by atoms with Gasteiger partial charge in [0.05, 0.1) is 11.6 Å². The molecule has 0 atom stereocenters. The zero-order valence-corrected chi connectivity index (χ0v) is 15.1. The molecule has 1 aliphatic rings. The van der Waals surface area contributed by atoms with Crippen molar-refractivity contribution in [3.05, 3.63) is 56.5 Å². The van der Waals surface area contributed by atoms with Crippen LogP contribution in [0.15, 0.2) is 34.8 Å². The van der Waals surface area contributed by atoms with Gasteiger partial charge in [-0.05, 0) is 35.4 Å². The second-order valence-electron chi connectivity index (χ2n) is 4.84. The van der Waals surface area contributed by atoms with Gasteiger partial charge in [-0.1, -0.05) is 49.5 Å². The number of benzene rings is 2. The van der Waals surface area contributed by atoms with Crippen molar-refractivity contribution in [1.82, 2.24) is 0 Å². The summed E-state index contributed by atoms with van der Waals surface area (Å²) >= 11 is 13.2. The molecule has 2 aromatic carbocycles. The van der Waals surface area contributed by atoms with Gasteiger partial charge in [0.1, 0.15) is 18.1 Å². The van der Waals surface area contributed by atoms with E-state index in [4.69, 9.17) is 21.1 Å². The largest absolute Gasteiger partial charge is 0.493 e. The minimum Gasteiger partial charge on any atom is -0.493 e. The first-order chi connectivity index (χ1) is 10.2. The van der Waals surface area contributed by atoms with Crippen LogP contribution in [-0.4, -0.2) is 6.61 Å². The Morgan fingerprint density at radius 3 is 2.86 bits per heavy atom. The Balaban J connectivity index is 1.79. The van der Waals surface area contributed by atoms with Crippen LogP contribution in [0.5, 0.6) is 11.5 Å². The van der Waals surface area contributed by atoms with Gasteiger partial charge in [0.2, 0.25) is 0 Å². The summed E-state index contributed by atoms with van der Waals surface area (Å²) < 4.78 is 12.6. The summed E-state index contributed by atoms with van der Waals surface area (Å²) in [5.74, 6) is 1.64. The van der Waals surface area contributed by atoms with Crippen LogP contribution in [0.4, 0.5) is 0 Å². The van der Waals surface area contributed by atoms with Gasteiger partial charge in [0.25, 0.3) is 0 Å². The molecule has 0 saturated carbocycles. The minimum absolute atomic E-state index is 0.440. The number of alkyl halides is 1. The van der Waals surface area contributed by atoms with E-state index in [1.807, 2.05) is 24.3 Å². The first kappa shape index (κ1) is 15.2. The van der Waals surface area contributed by atoms with E-state index in [1.54, 1.807) is 0 Å². The van der Waals surface area contributed by atoms with Crippen molar-refractivity contribution in [3.8, 4) is 11.5 Å². The van der Waals surface area contributed by atoms with Crippen LogP contribution >= 0.6 is 43.5 Å². The Morgan fingerprint density at radius 1 is 1.24 bits per heavy atom. The molecule has 1 heterocycles. The SMILES string of the molecule is Clc1cc(CBr)ccc1OCc1cc(Br)cc2c1OCC2. The molecule has 2 aromatic rings. The number of halogens is 3. The monoisotopic (exact) mass is 430 g/mol. The Kier molecular flexibility index (Phi) is 4.77. The molecule has 5 heteroatoms. The number of fused-ring (bicyclic) bond motifs is 1. The predicted octanol–water partition coefficient (Wildman–Crippen LogP) is 5.51. The highest BCUT2D eigenvalue weighted by Crippen LogP contribution is 2.34. The van der Waals surface area contributed by atoms with Crippen molar-refractivity contribution < 1.29 is 9.47 Å². The van der Waals surface area contributed by atoms with E-state index in [2.05, 4.69) is 37.9 Å². The lowest BCUT2D eigenvalue weighted by Gasteiger charge is -2.12. The average Bonchev–Trinajstić information content (AvgIpc) is 2.93. The molecule has 0 bridgehead atoms. The molecular formula is C16H13Br2ClO2. The van der Waals surface area contributed by atoms with Crippen molar-refractivity contribution in [2.24, 2.45) is 0 Å². The molecule has 0 fully saturated rings. The smallest absolute Gasteiger partial charge is 0.138 e. The summed E-state index contributed by atoms with van der Waals surface area (Å²) in [6.45, 7) is 1.18. The highest BCUT2D eigenvalue weighted by molar-refractivity contribution is 9.10. The third kappa shape index (κ3) is 3.38. The molecule has 0 unspecified atom stereocenters. The van der Waals surface area contributed by atoms with Crippen LogP contribution in [0.1, 0.15) is 16.7 Å². The van der Waals surface area contributed by atoms with E-state index in [9.17, 15) is 0 Å². The maximum Gasteiger partial charge on any atom is 0.138 e. The van der Waals surface area contributed by atoms with E-state index in [0.29, 0.717) is 17.4 Å². The molecule has 110 valence electrons. The molecule has 3 rings (SSSR count). The second kappa shape index (κ2) is 6.59. The van der Waals surface area contributed by atoms with Crippen molar-refractivity contribution in [1.29, 1.82) is 0 Å². The zero-order valence-electron chi connectivity index (χ0n) is 11.2. The summed E-state index contributed by atoms with van der Waals surface area (Å²) in [7, 11) is 0. The summed E-state index contributed by atoms with van der Waals surface area (Å²) in [6.07, 6.45) is 0.947. The highest BCUT2D eigenvalue weighted by atomic mass is 79.9. The number of hydrogen-bond acceptors (Lipinski definition) is 2. The Bertz CT molecular complexity index is 674. The van der Waals surface area contributed by atoms with E-state index >= 15 is 0 Å². The summed E-state index contributed by atoms with van der Waals surface area (Å²) in [5.41, 5.74) is 3.39. The molecule has 0 aromatic heterocycles. The Morgan fingerprint density at radius 2 is 2.10 bits per heavy atom. The third-order valence-corrected chi connectivity index (χ3v) is 4.76. The van der Waals surface area contributed by atoms with Crippen LogP contribution in [0.3, 0.4) is 0 Å². The highest BCUT2D eigenvalue weighted by Gasteiger charge is 2.18. The van der Waals surface area contributed by atoms with Gasteiger partial charge >= 0.3 is 0 Å². The molecule has 0 aliphatic carbocycles. The zero-order chi connectivity index (χ0) is 14.8. The van der Waals surface area contributed by atoms with Crippen LogP contribution < -0.4 is 9.47 Å². The van der Waals surface area contributed by atoms with E-state index in [-0.39, 0.29) is 0 Å². The lowest BCUT2D eigenvalue weighted by Crippen LogP contribution is -1.99. The standard InChI is InChI=1S/C16H13Br2ClO2/c17-8-10-1-2-15(14(19)5-10)21-9-12-7-13(18)6-11-3-4-20-16(11)12/h1-2,5-7H,3-4,8-9H2. The molecule has 0 amide bonds. The molecular weight excluding hydrogens is 419 g/mol. The van der Waals surface area contributed by atoms with Gasteiger partial charge in [-0.25, -0.2) is 0 Å². The molecule has 0 saturated heterocycles. The second-order valence-corrected chi connectivity index (χ2v) is 6.72. The van der Waals surface area contributed by atoms with E-state index in [0.717, 1.165) is 39.7 Å². The van der Waals surface area contributed by atoms with Gasteiger partial charge in [-0.15, -0.1) is 0 Å². The minimum atomic E-state index is 0.440. The van der Waals surface area contributed by atoms with Crippen LogP contribution in [0, 0.1) is 0 Å². The Hall–Kier alpha value is -0.710. The molecule has 2 nitrogen and oxygen atoms in total. The van der Waals surface area contributed by atoms with Gasteiger partial charge < -0.3 is 9.47 Å². The van der Waals surface area contributed by atoms with Crippen molar-refractivity contribution in [2.45, 2.75) is 18.4 Å². The van der Waals surface area contributed by atoms with Crippen molar-refractivity contribution in [3.63, 3.8) is 0 Å². The van der Waals surface area contributed by atoms with Crippen LogP contribution in [0.2, 0.25) is 5.02 Å². The number of rotatable bonds is 4. The van der Waals surface area contributed by atoms with Crippen molar-refractivity contribution >= 4 is 43.5 Å². The molecule has 21 heavy (non-hydrogen) atoms. The molecule has 0 radical (unpaired) electrons. The molecule has 1 aliphatic heterocycles. The first-order valence-corrected chi connectivity index (χ1v) is 8.88. The fourth-order valence-corrected chi connectivity index (χ4v) is 3.51. The molecule has 0 N–H and O–H groups in total. The van der Waals surface area contributed by atoms with Crippen LogP contribution in [-0.2, 0) is 18.4 Å². The van der Waals surface area contributed by atoms with E-state index < -0.39 is 0 Å². The summed E-state index contributed by atoms with van der Waals surface area (Å²) in [5, 5.41) is 1.40. The van der Waals surface area contributed by atoms with Gasteiger partial charge in [0, 0.05) is 21.8 Å². The van der Waals surface area contributed by atoms with Gasteiger partial charge in [-0.2, -0.15) is 0 Å². The molecule has 0 spiro atoms. The fourth-order valence-electron chi connectivity index (χ4n) is 2.35. The predicted molar refractivity (Wildman–Crippen MR) is 91.8 cm³/mol. The topological polar surface area (TPSA) is 18.5 Å². The van der Waals surface area contributed by atoms with E-state index in [1.165, 1.54) is 5.56 Å². The number of hydrogen-bond donors (Lipinski definition) is 0. The summed E-state index contributed by atoms with van der Waals surface area (Å²) in [6, 6.07) is 9.94. The normalized spacial score (nSPS) is 12.9. The maximum atomic E-state index is 6.24. The maximum absolute atomic E-state index is 6.24. The third-order valence-electron chi connectivity index (χ3n) is 3.36. The average molecular weight is 433 g/mol. The van der Waals surface area contributed by atoms with Crippen LogP contribution in [0.25, 0.3) is 0 Å². The number of ether oxygens (including phenoxy) is 2. The van der Waals surface area contributed by atoms with Gasteiger partial charge in [-0.3, -0.25) is 0 Å². The first-order valence-electron chi connectivity index (χ1n) is 6.58.